The highest BCUT2D eigenvalue weighted by Gasteiger charge is 2.22. The largest absolute Gasteiger partial charge is 0.506 e. The van der Waals surface area contributed by atoms with Gasteiger partial charge in [0.25, 0.3) is 0 Å². The molecule has 2 heterocycles. The van der Waals surface area contributed by atoms with Crippen molar-refractivity contribution in [2.45, 2.75) is 45.8 Å². The fourth-order valence-corrected chi connectivity index (χ4v) is 2.47. The molecule has 4 heteroatoms. The summed E-state index contributed by atoms with van der Waals surface area (Å²) in [6, 6.07) is 0.232. The summed E-state index contributed by atoms with van der Waals surface area (Å²) in [4.78, 5) is 4.23. The van der Waals surface area contributed by atoms with E-state index in [1.807, 2.05) is 20.0 Å². The summed E-state index contributed by atoms with van der Waals surface area (Å²) in [6.45, 7) is 6.02. The number of rotatable bonds is 4. The minimum Gasteiger partial charge on any atom is -0.506 e. The monoisotopic (exact) mass is 250 g/mol. The Labute approximate surface area is 108 Å². The molecule has 0 bridgehead atoms. The first kappa shape index (κ1) is 13.3. The Kier molecular flexibility index (Phi) is 4.55. The van der Waals surface area contributed by atoms with Crippen molar-refractivity contribution in [1.82, 2.24) is 10.3 Å². The average molecular weight is 250 g/mol. The van der Waals surface area contributed by atoms with Gasteiger partial charge in [-0.25, -0.2) is 0 Å². The third-order valence-corrected chi connectivity index (χ3v) is 3.48. The molecule has 1 aromatic heterocycles. The number of piperidine rings is 1. The molecule has 1 atom stereocenters. The van der Waals surface area contributed by atoms with Gasteiger partial charge in [-0.15, -0.1) is 0 Å². The third kappa shape index (κ3) is 2.82. The summed E-state index contributed by atoms with van der Waals surface area (Å²) >= 11 is 0. The van der Waals surface area contributed by atoms with Crippen molar-refractivity contribution < 1.29 is 9.84 Å². The van der Waals surface area contributed by atoms with Gasteiger partial charge >= 0.3 is 0 Å². The fourth-order valence-electron chi connectivity index (χ4n) is 2.47. The highest BCUT2D eigenvalue weighted by atomic mass is 16.5. The molecule has 0 spiro atoms. The number of hydrogen-bond acceptors (Lipinski definition) is 4. The summed E-state index contributed by atoms with van der Waals surface area (Å²) in [6.07, 6.45) is 5.31. The molecule has 2 N–H and O–H groups in total. The van der Waals surface area contributed by atoms with Crippen molar-refractivity contribution in [2.24, 2.45) is 0 Å². The van der Waals surface area contributed by atoms with Crippen LogP contribution in [-0.4, -0.2) is 23.2 Å². The van der Waals surface area contributed by atoms with Crippen LogP contribution in [0, 0.1) is 6.92 Å². The quantitative estimate of drug-likeness (QED) is 0.862. The molecule has 1 unspecified atom stereocenters. The lowest BCUT2D eigenvalue weighted by molar-refractivity contribution is 0.132. The number of nitrogens with zero attached hydrogens (tertiary/aromatic N) is 1. The Morgan fingerprint density at radius 2 is 2.33 bits per heavy atom. The van der Waals surface area contributed by atoms with E-state index in [1.54, 1.807) is 0 Å². The molecule has 0 saturated carbocycles. The molecule has 100 valence electrons. The standard InChI is InChI=1S/C14H22N2O2/c1-3-18-9-11-8-16-10(2)14(17)13(11)12-6-4-5-7-15-12/h8,12,15,17H,3-7,9H2,1-2H3. The summed E-state index contributed by atoms with van der Waals surface area (Å²) < 4.78 is 5.47. The number of nitrogens with one attached hydrogen (secondary N) is 1. The second-order valence-corrected chi connectivity index (χ2v) is 4.77. The van der Waals surface area contributed by atoms with Gasteiger partial charge in [0, 0.05) is 30.0 Å². The molecule has 0 aromatic carbocycles. The van der Waals surface area contributed by atoms with Gasteiger partial charge in [0.05, 0.1) is 12.3 Å². The zero-order valence-electron chi connectivity index (χ0n) is 11.2. The Balaban J connectivity index is 2.30. The van der Waals surface area contributed by atoms with E-state index in [-0.39, 0.29) is 6.04 Å². The molecule has 0 amide bonds. The average Bonchev–Trinajstić information content (AvgIpc) is 2.41. The Bertz CT molecular complexity index is 401. The minimum absolute atomic E-state index is 0.232. The first-order valence-electron chi connectivity index (χ1n) is 6.72. The molecule has 1 aliphatic heterocycles. The third-order valence-electron chi connectivity index (χ3n) is 3.48. The van der Waals surface area contributed by atoms with Crippen LogP contribution in [0.25, 0.3) is 0 Å². The predicted octanol–water partition coefficient (Wildman–Crippen LogP) is 2.45. The van der Waals surface area contributed by atoms with Gasteiger partial charge in [-0.3, -0.25) is 4.98 Å². The van der Waals surface area contributed by atoms with E-state index in [2.05, 4.69) is 10.3 Å². The maximum absolute atomic E-state index is 10.3. The maximum Gasteiger partial charge on any atom is 0.141 e. The van der Waals surface area contributed by atoms with Crippen molar-refractivity contribution in [3.05, 3.63) is 23.0 Å². The van der Waals surface area contributed by atoms with Crippen molar-refractivity contribution >= 4 is 0 Å². The maximum atomic E-state index is 10.3. The molecular formula is C14H22N2O2. The molecular weight excluding hydrogens is 228 g/mol. The minimum atomic E-state index is 0.232. The number of aromatic hydroxyl groups is 1. The van der Waals surface area contributed by atoms with Crippen molar-refractivity contribution in [3.8, 4) is 5.75 Å². The Hall–Kier alpha value is -1.13. The highest BCUT2D eigenvalue weighted by molar-refractivity contribution is 5.43. The van der Waals surface area contributed by atoms with Gasteiger partial charge in [-0.1, -0.05) is 6.42 Å². The molecule has 0 aliphatic carbocycles. The summed E-state index contributed by atoms with van der Waals surface area (Å²) in [5, 5.41) is 13.7. The van der Waals surface area contributed by atoms with Crippen molar-refractivity contribution in [3.63, 3.8) is 0 Å². The molecule has 1 aliphatic rings. The van der Waals surface area contributed by atoms with Crippen LogP contribution in [0.2, 0.25) is 0 Å². The molecule has 4 nitrogen and oxygen atoms in total. The number of pyridine rings is 1. The van der Waals surface area contributed by atoms with Gasteiger partial charge in [-0.05, 0) is 33.2 Å². The molecule has 0 radical (unpaired) electrons. The molecule has 1 aromatic rings. The smallest absolute Gasteiger partial charge is 0.141 e. The first-order valence-corrected chi connectivity index (χ1v) is 6.72. The number of hydrogen-bond donors (Lipinski definition) is 2. The van der Waals surface area contributed by atoms with Crippen molar-refractivity contribution in [2.75, 3.05) is 13.2 Å². The Morgan fingerprint density at radius 1 is 1.50 bits per heavy atom. The van der Waals surface area contributed by atoms with Crippen LogP contribution in [0.1, 0.15) is 49.0 Å². The lowest BCUT2D eigenvalue weighted by Gasteiger charge is -2.27. The summed E-state index contributed by atoms with van der Waals surface area (Å²) in [5.74, 6) is 0.326. The van der Waals surface area contributed by atoms with Gasteiger partial charge in [-0.2, -0.15) is 0 Å². The molecule has 2 rings (SSSR count). The van der Waals surface area contributed by atoms with Gasteiger partial charge in [0.1, 0.15) is 5.75 Å². The van der Waals surface area contributed by atoms with E-state index in [9.17, 15) is 5.11 Å². The SMILES string of the molecule is CCOCc1cnc(C)c(O)c1C1CCCCN1. The van der Waals surface area contributed by atoms with Crippen LogP contribution < -0.4 is 5.32 Å². The van der Waals surface area contributed by atoms with Crippen molar-refractivity contribution in [1.29, 1.82) is 0 Å². The van der Waals surface area contributed by atoms with E-state index in [0.29, 0.717) is 24.7 Å². The number of ether oxygens (including phenoxy) is 1. The highest BCUT2D eigenvalue weighted by Crippen LogP contribution is 2.34. The molecule has 1 fully saturated rings. The second kappa shape index (κ2) is 6.16. The van der Waals surface area contributed by atoms with Gasteiger partial charge in [0.2, 0.25) is 0 Å². The number of aryl methyl sites for hydroxylation is 1. The van der Waals surface area contributed by atoms with E-state index in [1.165, 1.54) is 12.8 Å². The van der Waals surface area contributed by atoms with E-state index >= 15 is 0 Å². The lowest BCUT2D eigenvalue weighted by Crippen LogP contribution is -2.28. The van der Waals surface area contributed by atoms with E-state index in [0.717, 1.165) is 24.1 Å². The molecule has 18 heavy (non-hydrogen) atoms. The fraction of sp³-hybridized carbons (Fsp3) is 0.643. The predicted molar refractivity (Wildman–Crippen MR) is 70.6 cm³/mol. The Morgan fingerprint density at radius 3 is 3.00 bits per heavy atom. The zero-order valence-corrected chi connectivity index (χ0v) is 11.2. The van der Waals surface area contributed by atoms with Gasteiger partial charge in [0.15, 0.2) is 0 Å². The summed E-state index contributed by atoms with van der Waals surface area (Å²) in [5.41, 5.74) is 2.67. The van der Waals surface area contributed by atoms with Crippen LogP contribution in [0.4, 0.5) is 0 Å². The van der Waals surface area contributed by atoms with Crippen LogP contribution in [0.15, 0.2) is 6.20 Å². The van der Waals surface area contributed by atoms with Crippen LogP contribution in [0.5, 0.6) is 5.75 Å². The van der Waals surface area contributed by atoms with Crippen LogP contribution in [-0.2, 0) is 11.3 Å². The normalized spacial score (nSPS) is 20.0. The van der Waals surface area contributed by atoms with E-state index in [4.69, 9.17) is 4.74 Å². The second-order valence-electron chi connectivity index (χ2n) is 4.77. The lowest BCUT2D eigenvalue weighted by atomic mass is 9.93. The van der Waals surface area contributed by atoms with Crippen LogP contribution >= 0.6 is 0 Å². The van der Waals surface area contributed by atoms with Crippen LogP contribution in [0.3, 0.4) is 0 Å². The van der Waals surface area contributed by atoms with E-state index < -0.39 is 0 Å². The zero-order chi connectivity index (χ0) is 13.0. The topological polar surface area (TPSA) is 54.4 Å². The number of aromatic nitrogens is 1. The summed E-state index contributed by atoms with van der Waals surface area (Å²) in [7, 11) is 0. The molecule has 1 saturated heterocycles. The van der Waals surface area contributed by atoms with Gasteiger partial charge < -0.3 is 15.2 Å². The first-order chi connectivity index (χ1) is 8.74.